The number of rotatable bonds is 6. The number of alkyl carbamates (subject to hydrolysis) is 1. The van der Waals surface area contributed by atoms with Crippen LogP contribution in [0.1, 0.15) is 67.2 Å². The number of benzene rings is 2. The van der Waals surface area contributed by atoms with E-state index in [0.717, 1.165) is 0 Å². The predicted molar refractivity (Wildman–Crippen MR) is 142 cm³/mol. The zero-order chi connectivity index (χ0) is 25.0. The number of hydrogen-bond donors (Lipinski definition) is 2. The molecule has 3 rings (SSSR count). The summed E-state index contributed by atoms with van der Waals surface area (Å²) in [7, 11) is -3.09. The molecule has 0 atom stereocenters. The number of carbonyl (C=O) groups is 1. The van der Waals surface area contributed by atoms with Crippen molar-refractivity contribution in [3.8, 4) is 0 Å². The molecule has 1 saturated carbocycles. The molecular weight excluding hydrogens is 442 g/mol. The molecule has 6 heteroatoms. The second-order valence-electron chi connectivity index (χ2n) is 11.9. The van der Waals surface area contributed by atoms with Gasteiger partial charge in [-0.15, -0.1) is 0 Å². The Morgan fingerprint density at radius 1 is 0.941 bits per heavy atom. The van der Waals surface area contributed by atoms with Crippen LogP contribution in [0.5, 0.6) is 0 Å². The van der Waals surface area contributed by atoms with Crippen LogP contribution in [-0.4, -0.2) is 43.4 Å². The van der Waals surface area contributed by atoms with Gasteiger partial charge in [-0.25, -0.2) is 0 Å². The second-order valence-corrected chi connectivity index (χ2v) is 16.9. The number of amides is 1. The van der Waals surface area contributed by atoms with E-state index in [9.17, 15) is 9.90 Å². The first-order valence-electron chi connectivity index (χ1n) is 12.5. The van der Waals surface area contributed by atoms with Gasteiger partial charge in [0.2, 0.25) is 0 Å². The van der Waals surface area contributed by atoms with Gasteiger partial charge in [-0.05, 0) is 0 Å². The molecule has 1 aliphatic carbocycles. The Morgan fingerprint density at radius 2 is 1.41 bits per heavy atom. The Morgan fingerprint density at radius 3 is 1.82 bits per heavy atom. The van der Waals surface area contributed by atoms with Crippen molar-refractivity contribution < 1.29 is 19.1 Å². The Labute approximate surface area is 206 Å². The molecule has 0 bridgehead atoms. The summed E-state index contributed by atoms with van der Waals surface area (Å²) in [6.07, 6.45) is 2.16. The van der Waals surface area contributed by atoms with E-state index in [4.69, 9.17) is 9.16 Å². The van der Waals surface area contributed by atoms with Gasteiger partial charge in [0.1, 0.15) is 0 Å². The third-order valence-electron chi connectivity index (χ3n) is 7.00. The average molecular weight is 485 g/mol. The van der Waals surface area contributed by atoms with Gasteiger partial charge in [-0.2, -0.15) is 0 Å². The van der Waals surface area contributed by atoms with Crippen molar-refractivity contribution in [3.63, 3.8) is 0 Å². The van der Waals surface area contributed by atoms with Gasteiger partial charge in [0.25, 0.3) is 0 Å². The number of aliphatic hydroxyl groups is 1. The summed E-state index contributed by atoms with van der Waals surface area (Å²) in [5, 5.41) is 16.8. The number of carbonyl (C=O) groups excluding carboxylic acids is 1. The molecule has 0 saturated heterocycles. The van der Waals surface area contributed by atoms with E-state index < -0.39 is 25.6 Å². The Hall–Kier alpha value is -2.15. The van der Waals surface area contributed by atoms with Gasteiger partial charge >= 0.3 is 206 Å². The summed E-state index contributed by atoms with van der Waals surface area (Å²) >= 11 is 0. The zero-order valence-electron chi connectivity index (χ0n) is 21.6. The van der Waals surface area contributed by atoms with Crippen LogP contribution in [0.2, 0.25) is 5.04 Å². The van der Waals surface area contributed by atoms with Crippen molar-refractivity contribution >= 4 is 24.8 Å². The monoisotopic (exact) mass is 484 g/mol. The molecule has 0 heterocycles. The minimum atomic E-state index is -3.09. The van der Waals surface area contributed by atoms with E-state index in [-0.39, 0.29) is 17.7 Å². The van der Waals surface area contributed by atoms with Crippen molar-refractivity contribution in [1.29, 1.82) is 0 Å². The summed E-state index contributed by atoms with van der Waals surface area (Å²) in [5.41, 5.74) is -1.43. The molecule has 2 aromatic rings. The van der Waals surface area contributed by atoms with Crippen LogP contribution in [0.25, 0.3) is 0 Å². The molecule has 188 valence electrons. The summed E-state index contributed by atoms with van der Waals surface area (Å²) in [5.74, 6) is 0. The fourth-order valence-electron chi connectivity index (χ4n) is 5.28. The first-order chi connectivity index (χ1) is 15.8. The van der Waals surface area contributed by atoms with Crippen LogP contribution in [0.3, 0.4) is 0 Å². The minimum absolute atomic E-state index is 0.00504. The van der Waals surface area contributed by atoms with E-state index in [1.165, 1.54) is 10.4 Å². The number of ether oxygens (including phenoxy) is 1. The molecule has 2 aromatic carbocycles. The molecule has 0 aliphatic heterocycles. The fourth-order valence-corrected chi connectivity index (χ4v) is 10.6. The SMILES string of the molecule is CC(C)(C)OC(=O)NC1CCC(O)(CO[SiH-](c2ccccc2)(c2ccccc2)C(C)(C)C)CC1. The average Bonchev–Trinajstić information content (AvgIpc) is 2.75. The Kier molecular flexibility index (Phi) is 7.95. The molecule has 2 N–H and O–H groups in total. The summed E-state index contributed by atoms with van der Waals surface area (Å²) < 4.78 is 12.4. The molecule has 0 unspecified atom stereocenters. The fraction of sp³-hybridized carbons (Fsp3) is 0.536. The molecule has 0 aromatic heterocycles. The molecular formula is C28H42NO4Si-. The summed E-state index contributed by atoms with van der Waals surface area (Å²) in [6.45, 7) is 12.6. The normalized spacial score (nSPS) is 22.1. The van der Waals surface area contributed by atoms with Crippen molar-refractivity contribution in [2.45, 2.75) is 89.5 Å². The van der Waals surface area contributed by atoms with Crippen LogP contribution in [0, 0.1) is 0 Å². The van der Waals surface area contributed by atoms with E-state index in [1.54, 1.807) is 0 Å². The van der Waals surface area contributed by atoms with Crippen LogP contribution >= 0.6 is 0 Å². The van der Waals surface area contributed by atoms with Gasteiger partial charge in [-0.3, -0.25) is 0 Å². The summed E-state index contributed by atoms with van der Waals surface area (Å²) in [6, 6.07) is 21.1. The molecule has 0 spiro atoms. The van der Waals surface area contributed by atoms with E-state index in [1.807, 2.05) is 32.9 Å². The molecule has 0 radical (unpaired) electrons. The number of nitrogens with one attached hydrogen (secondary N) is 1. The quantitative estimate of drug-likeness (QED) is 0.593. The first-order valence-corrected chi connectivity index (χ1v) is 14.7. The molecule has 1 amide bonds. The van der Waals surface area contributed by atoms with Gasteiger partial charge in [0.15, 0.2) is 0 Å². The number of hydrogen-bond acceptors (Lipinski definition) is 4. The van der Waals surface area contributed by atoms with Gasteiger partial charge in [0, 0.05) is 0 Å². The Balaban J connectivity index is 1.77. The van der Waals surface area contributed by atoms with Crippen LogP contribution in [0.4, 0.5) is 4.79 Å². The third-order valence-corrected chi connectivity index (χ3v) is 12.8. The van der Waals surface area contributed by atoms with Crippen LogP contribution in [0.15, 0.2) is 60.7 Å². The summed E-state index contributed by atoms with van der Waals surface area (Å²) in [4.78, 5) is 12.2. The zero-order valence-corrected chi connectivity index (χ0v) is 22.8. The standard InChI is InChI=1S/C28H42NO4Si/c1-26(2,3)33-25(30)29-22-17-19-28(31,20-18-22)21-32-34(27(4,5)6,23-13-9-7-10-14-23)24-15-11-8-12-16-24/h7-16,22,31,34H,17-21H2,1-6H3,(H,29,30)/q-1. The Bertz CT molecular complexity index is 887. The predicted octanol–water partition coefficient (Wildman–Crippen LogP) is 4.49. The van der Waals surface area contributed by atoms with Crippen LogP contribution < -0.4 is 15.7 Å². The maximum atomic E-state index is 12.2. The second kappa shape index (κ2) is 10.2. The third kappa shape index (κ3) is 6.29. The van der Waals surface area contributed by atoms with Crippen molar-refractivity contribution in [1.82, 2.24) is 5.32 Å². The van der Waals surface area contributed by atoms with Crippen molar-refractivity contribution in [2.75, 3.05) is 6.61 Å². The van der Waals surface area contributed by atoms with E-state index in [2.05, 4.69) is 74.6 Å². The van der Waals surface area contributed by atoms with Gasteiger partial charge in [-0.1, -0.05) is 0 Å². The molecule has 5 nitrogen and oxygen atoms in total. The van der Waals surface area contributed by atoms with Crippen molar-refractivity contribution in [3.05, 3.63) is 60.7 Å². The van der Waals surface area contributed by atoms with Crippen molar-refractivity contribution in [2.24, 2.45) is 0 Å². The molecule has 34 heavy (non-hydrogen) atoms. The van der Waals surface area contributed by atoms with Gasteiger partial charge in [0.05, 0.1) is 0 Å². The maximum absolute atomic E-state index is 12.2. The van der Waals surface area contributed by atoms with Gasteiger partial charge < -0.3 is 0 Å². The topological polar surface area (TPSA) is 67.8 Å². The van der Waals surface area contributed by atoms with E-state index in [0.29, 0.717) is 25.7 Å². The molecule has 1 fully saturated rings. The molecule has 1 aliphatic rings. The first kappa shape index (κ1) is 26.5. The van der Waals surface area contributed by atoms with E-state index >= 15 is 0 Å². The van der Waals surface area contributed by atoms with Crippen LogP contribution in [-0.2, 0) is 9.16 Å².